The fourth-order valence-electron chi connectivity index (χ4n) is 4.19. The molecule has 1 aliphatic rings. The number of ether oxygens (including phenoxy) is 1. The summed E-state index contributed by atoms with van der Waals surface area (Å²) < 4.78 is 5.64. The fourth-order valence-corrected chi connectivity index (χ4v) is 4.19. The average molecular weight is 413 g/mol. The second-order valence-corrected chi connectivity index (χ2v) is 11.3. The smallest absolute Gasteiger partial charge is 0.160 e. The van der Waals surface area contributed by atoms with E-state index in [0.29, 0.717) is 6.61 Å². The third kappa shape index (κ3) is 7.12. The molecule has 3 N–H and O–H groups in total. The highest BCUT2D eigenvalue weighted by Crippen LogP contribution is 2.29. The van der Waals surface area contributed by atoms with Gasteiger partial charge in [-0.15, -0.1) is 0 Å². The summed E-state index contributed by atoms with van der Waals surface area (Å²) in [5.74, 6) is 0.304. The minimum Gasteiger partial charge on any atom is -0.394 e. The Labute approximate surface area is 177 Å². The number of Topliss-reactive ketones (excluding diaryl/α,β-unsaturated/α-hetero) is 2. The molecule has 0 amide bonds. The molecule has 1 unspecified atom stereocenters. The lowest BCUT2D eigenvalue weighted by Crippen LogP contribution is -2.62. The van der Waals surface area contributed by atoms with Gasteiger partial charge in [-0.2, -0.15) is 0 Å². The fraction of sp³-hybridized carbons (Fsp3) is 0.913. The van der Waals surface area contributed by atoms with Crippen LogP contribution in [-0.4, -0.2) is 52.7 Å². The van der Waals surface area contributed by atoms with Gasteiger partial charge in [-0.1, -0.05) is 34.6 Å². The first-order valence-corrected chi connectivity index (χ1v) is 10.8. The molecule has 1 heterocycles. The zero-order valence-corrected chi connectivity index (χ0v) is 20.2. The van der Waals surface area contributed by atoms with Crippen LogP contribution in [-0.2, 0) is 14.3 Å². The Balaban J connectivity index is 2.69. The van der Waals surface area contributed by atoms with Gasteiger partial charge in [-0.3, -0.25) is 20.2 Å². The summed E-state index contributed by atoms with van der Waals surface area (Å²) >= 11 is 0. The van der Waals surface area contributed by atoms with E-state index in [1.165, 1.54) is 0 Å². The molecule has 1 saturated heterocycles. The quantitative estimate of drug-likeness (QED) is 0.511. The van der Waals surface area contributed by atoms with E-state index in [0.717, 1.165) is 12.8 Å². The number of aliphatic hydroxyl groups excluding tert-OH is 1. The number of rotatable bonds is 10. The van der Waals surface area contributed by atoms with Crippen LogP contribution in [0.15, 0.2) is 0 Å². The number of ketones is 2. The summed E-state index contributed by atoms with van der Waals surface area (Å²) in [5, 5.41) is 16.6. The van der Waals surface area contributed by atoms with Crippen LogP contribution in [0.3, 0.4) is 0 Å². The van der Waals surface area contributed by atoms with Crippen molar-refractivity contribution in [3.8, 4) is 0 Å². The van der Waals surface area contributed by atoms with Crippen molar-refractivity contribution in [2.24, 2.45) is 17.3 Å². The van der Waals surface area contributed by atoms with Gasteiger partial charge in [-0.05, 0) is 53.4 Å². The lowest BCUT2D eigenvalue weighted by Gasteiger charge is -2.41. The van der Waals surface area contributed by atoms with Crippen molar-refractivity contribution in [1.29, 1.82) is 0 Å². The van der Waals surface area contributed by atoms with Crippen molar-refractivity contribution in [3.63, 3.8) is 0 Å². The van der Waals surface area contributed by atoms with E-state index in [4.69, 9.17) is 4.74 Å². The Morgan fingerprint density at radius 3 is 2.14 bits per heavy atom. The molecule has 1 fully saturated rings. The van der Waals surface area contributed by atoms with Crippen LogP contribution in [0.1, 0.15) is 82.1 Å². The molecule has 0 bridgehead atoms. The van der Waals surface area contributed by atoms with Crippen LogP contribution >= 0.6 is 0 Å². The first kappa shape index (κ1) is 26.2. The van der Waals surface area contributed by atoms with Crippen molar-refractivity contribution in [2.75, 3.05) is 13.2 Å². The monoisotopic (exact) mass is 412 g/mol. The lowest BCUT2D eigenvalue weighted by molar-refractivity contribution is -0.135. The van der Waals surface area contributed by atoms with E-state index < -0.39 is 16.7 Å². The second kappa shape index (κ2) is 9.13. The van der Waals surface area contributed by atoms with Gasteiger partial charge in [0.2, 0.25) is 0 Å². The minimum absolute atomic E-state index is 0.00732. The van der Waals surface area contributed by atoms with Gasteiger partial charge in [0, 0.05) is 16.9 Å². The van der Waals surface area contributed by atoms with Gasteiger partial charge in [0.05, 0.1) is 24.8 Å². The number of aliphatic hydroxyl groups is 1. The molecule has 0 saturated carbocycles. The average Bonchev–Trinajstić information content (AvgIpc) is 2.96. The van der Waals surface area contributed by atoms with Crippen LogP contribution in [0.2, 0.25) is 0 Å². The SMILES string of the molecule is C[C@H](CCC(C)(C)NC(C)(CO)C(=O)C(C)(C)C)[C@H](C)C(=O)[C@@H]1COC(C)(C)N1. The highest BCUT2D eigenvalue weighted by atomic mass is 16.5. The first-order valence-electron chi connectivity index (χ1n) is 10.8. The van der Waals surface area contributed by atoms with Crippen LogP contribution in [0.5, 0.6) is 0 Å². The molecule has 170 valence electrons. The molecule has 1 rings (SSSR count). The predicted octanol–water partition coefficient (Wildman–Crippen LogP) is 3.07. The molecule has 6 nitrogen and oxygen atoms in total. The topological polar surface area (TPSA) is 87.7 Å². The predicted molar refractivity (Wildman–Crippen MR) is 117 cm³/mol. The maximum atomic E-state index is 12.8. The van der Waals surface area contributed by atoms with Crippen LogP contribution in [0, 0.1) is 17.3 Å². The number of carbonyl (C=O) groups excluding carboxylic acids is 2. The third-order valence-corrected chi connectivity index (χ3v) is 6.12. The minimum atomic E-state index is -0.997. The molecule has 6 heteroatoms. The number of nitrogens with one attached hydrogen (secondary N) is 2. The standard InChI is InChI=1S/C23H44N2O4/c1-15(16(2)18(27)17-13-29-22(8,9)24-17)11-12-21(6,7)25-23(10,14-26)19(28)20(3,4)5/h15-17,24-26H,11-14H2,1-10H3/t15-,16+,17+,23?/m1/s1. The zero-order chi connectivity index (χ0) is 22.8. The first-order chi connectivity index (χ1) is 12.9. The molecule has 29 heavy (non-hydrogen) atoms. The van der Waals surface area contributed by atoms with E-state index in [1.54, 1.807) is 6.92 Å². The van der Waals surface area contributed by atoms with Gasteiger partial charge in [0.15, 0.2) is 11.6 Å². The van der Waals surface area contributed by atoms with Crippen molar-refractivity contribution in [3.05, 3.63) is 0 Å². The molecule has 0 aromatic rings. The number of hydrogen-bond donors (Lipinski definition) is 3. The van der Waals surface area contributed by atoms with Crippen molar-refractivity contribution in [1.82, 2.24) is 10.6 Å². The van der Waals surface area contributed by atoms with Crippen LogP contribution in [0.4, 0.5) is 0 Å². The Bertz CT molecular complexity index is 594. The Morgan fingerprint density at radius 2 is 1.72 bits per heavy atom. The lowest BCUT2D eigenvalue weighted by atomic mass is 9.77. The maximum Gasteiger partial charge on any atom is 0.160 e. The Morgan fingerprint density at radius 1 is 1.17 bits per heavy atom. The Kier molecular flexibility index (Phi) is 8.25. The summed E-state index contributed by atoms with van der Waals surface area (Å²) in [6, 6.07) is -0.254. The Hall–Kier alpha value is -0.820. The van der Waals surface area contributed by atoms with E-state index >= 15 is 0 Å². The molecule has 0 radical (unpaired) electrons. The zero-order valence-electron chi connectivity index (χ0n) is 20.2. The van der Waals surface area contributed by atoms with Gasteiger partial charge >= 0.3 is 0 Å². The molecule has 0 aromatic carbocycles. The largest absolute Gasteiger partial charge is 0.394 e. The van der Waals surface area contributed by atoms with E-state index in [9.17, 15) is 14.7 Å². The molecular weight excluding hydrogens is 368 g/mol. The van der Waals surface area contributed by atoms with Crippen LogP contribution < -0.4 is 10.6 Å². The molecule has 0 aliphatic carbocycles. The molecule has 0 spiro atoms. The van der Waals surface area contributed by atoms with Crippen molar-refractivity contribution < 1.29 is 19.4 Å². The second-order valence-electron chi connectivity index (χ2n) is 11.3. The van der Waals surface area contributed by atoms with E-state index in [1.807, 2.05) is 55.4 Å². The molecular formula is C23H44N2O4. The molecule has 1 aliphatic heterocycles. The van der Waals surface area contributed by atoms with E-state index in [2.05, 4.69) is 17.6 Å². The van der Waals surface area contributed by atoms with Gasteiger partial charge < -0.3 is 9.84 Å². The summed E-state index contributed by atoms with van der Waals surface area (Å²) in [7, 11) is 0. The van der Waals surface area contributed by atoms with Gasteiger partial charge in [0.1, 0.15) is 5.72 Å². The highest BCUT2D eigenvalue weighted by Gasteiger charge is 2.43. The summed E-state index contributed by atoms with van der Waals surface area (Å²) in [6.45, 7) is 19.6. The number of hydrogen-bond acceptors (Lipinski definition) is 6. The van der Waals surface area contributed by atoms with Crippen LogP contribution in [0.25, 0.3) is 0 Å². The molecule has 4 atom stereocenters. The molecule has 0 aromatic heterocycles. The summed E-state index contributed by atoms with van der Waals surface area (Å²) in [4.78, 5) is 25.7. The highest BCUT2D eigenvalue weighted by molar-refractivity contribution is 5.92. The van der Waals surface area contributed by atoms with Crippen molar-refractivity contribution >= 4 is 11.6 Å². The van der Waals surface area contributed by atoms with Crippen molar-refractivity contribution in [2.45, 2.75) is 105 Å². The van der Waals surface area contributed by atoms with Gasteiger partial charge in [0.25, 0.3) is 0 Å². The maximum absolute atomic E-state index is 12.8. The summed E-state index contributed by atoms with van der Waals surface area (Å²) in [5.41, 5.74) is -2.35. The van der Waals surface area contributed by atoms with E-state index in [-0.39, 0.29) is 41.6 Å². The normalized spacial score (nSPS) is 24.0. The number of carbonyl (C=O) groups is 2. The summed E-state index contributed by atoms with van der Waals surface area (Å²) in [6.07, 6.45) is 1.63. The third-order valence-electron chi connectivity index (χ3n) is 6.12. The van der Waals surface area contributed by atoms with Gasteiger partial charge in [-0.25, -0.2) is 0 Å².